The summed E-state index contributed by atoms with van der Waals surface area (Å²) >= 11 is 0. The van der Waals surface area contributed by atoms with Crippen LogP contribution in [0.2, 0.25) is 0 Å². The maximum absolute atomic E-state index is 9.75. The third kappa shape index (κ3) is 9.52. The van der Waals surface area contributed by atoms with Crippen molar-refractivity contribution in [1.82, 2.24) is 0 Å². The second-order valence-electron chi connectivity index (χ2n) is 4.53. The van der Waals surface area contributed by atoms with Gasteiger partial charge in [0.15, 0.2) is 18.7 Å². The van der Waals surface area contributed by atoms with E-state index in [9.17, 15) is 17.3 Å². The van der Waals surface area contributed by atoms with Crippen molar-refractivity contribution in [1.29, 1.82) is 0 Å². The molecule has 0 aliphatic rings. The van der Waals surface area contributed by atoms with Crippen LogP contribution in [0.3, 0.4) is 0 Å². The Bertz CT molecular complexity index is 252. The molecule has 0 radical (unpaired) electrons. The number of hydrogen-bond donors (Lipinski definition) is 0. The summed E-state index contributed by atoms with van der Waals surface area (Å²) in [6.07, 6.45) is -0.0398. The molecule has 20 heavy (non-hydrogen) atoms. The molecule has 0 spiro atoms. The molecular formula is C11H26BF4NO3. The maximum Gasteiger partial charge on any atom is 0.673 e. The Kier molecular flexibility index (Phi) is 10.5. The second-order valence-corrected chi connectivity index (χ2v) is 4.53. The van der Waals surface area contributed by atoms with Crippen molar-refractivity contribution in [2.24, 2.45) is 0 Å². The summed E-state index contributed by atoms with van der Waals surface area (Å²) < 4.78 is 56.0. The Morgan fingerprint density at radius 3 is 1.60 bits per heavy atom. The topological polar surface area (TPSA) is 27.7 Å². The summed E-state index contributed by atoms with van der Waals surface area (Å²) in [5.41, 5.74) is 0. The molecule has 0 fully saturated rings. The first-order valence-corrected chi connectivity index (χ1v) is 6.35. The molecule has 0 aromatic rings. The zero-order valence-electron chi connectivity index (χ0n) is 13.2. The van der Waals surface area contributed by atoms with E-state index < -0.39 is 7.25 Å². The lowest BCUT2D eigenvalue weighted by molar-refractivity contribution is -0.991. The molecule has 0 bridgehead atoms. The van der Waals surface area contributed by atoms with Gasteiger partial charge in [-0.25, -0.2) is 0 Å². The van der Waals surface area contributed by atoms with Gasteiger partial charge in [0.1, 0.15) is 0 Å². The monoisotopic (exact) mass is 307 g/mol. The van der Waals surface area contributed by atoms with Crippen molar-refractivity contribution < 1.29 is 36.0 Å². The molecule has 0 aliphatic heterocycles. The second kappa shape index (κ2) is 9.54. The van der Waals surface area contributed by atoms with E-state index in [1.54, 1.807) is 14.2 Å². The van der Waals surface area contributed by atoms with Gasteiger partial charge in [0, 0.05) is 28.1 Å². The van der Waals surface area contributed by atoms with E-state index in [1.165, 1.54) is 0 Å². The zero-order chi connectivity index (χ0) is 16.6. The van der Waals surface area contributed by atoms with Crippen LogP contribution in [0.5, 0.6) is 0 Å². The van der Waals surface area contributed by atoms with E-state index in [2.05, 4.69) is 27.8 Å². The fourth-order valence-corrected chi connectivity index (χ4v) is 1.52. The molecule has 0 saturated carbocycles. The SMILES string of the molecule is CC[N+](C)(C(C)OC)C(C)OC(C)OC.F[B-](F)(F)F. The maximum atomic E-state index is 9.75. The molecule has 0 aromatic carbocycles. The Labute approximate surface area is 118 Å². The van der Waals surface area contributed by atoms with Crippen LogP contribution < -0.4 is 0 Å². The van der Waals surface area contributed by atoms with Crippen molar-refractivity contribution in [3.05, 3.63) is 0 Å². The minimum Gasteiger partial charge on any atom is -0.418 e. The van der Waals surface area contributed by atoms with Crippen LogP contribution in [0.1, 0.15) is 27.7 Å². The number of ether oxygens (including phenoxy) is 3. The third-order valence-corrected chi connectivity index (χ3v) is 3.40. The van der Waals surface area contributed by atoms with E-state index in [0.717, 1.165) is 6.54 Å². The number of halogens is 4. The van der Waals surface area contributed by atoms with Crippen molar-refractivity contribution in [3.8, 4) is 0 Å². The van der Waals surface area contributed by atoms with Gasteiger partial charge in [0.2, 0.25) is 0 Å². The van der Waals surface area contributed by atoms with Crippen LogP contribution in [0.15, 0.2) is 0 Å². The molecule has 0 N–H and O–H groups in total. The highest BCUT2D eigenvalue weighted by Gasteiger charge is 2.35. The van der Waals surface area contributed by atoms with Crippen molar-refractivity contribution in [2.45, 2.75) is 46.4 Å². The molecule has 0 aromatic heterocycles. The lowest BCUT2D eigenvalue weighted by Gasteiger charge is -2.42. The van der Waals surface area contributed by atoms with Gasteiger partial charge in [-0.1, -0.05) is 0 Å². The van der Waals surface area contributed by atoms with Crippen LogP contribution in [0, 0.1) is 0 Å². The van der Waals surface area contributed by atoms with Gasteiger partial charge in [-0.15, -0.1) is 0 Å². The van der Waals surface area contributed by atoms with Crippen LogP contribution in [-0.4, -0.2) is 58.3 Å². The standard InChI is InChI=1S/C11H26NO3.BF4/c1-8-12(5,9(2)13-6)10(3)15-11(4)14-7;2-1(3,4)5/h9-11H,8H2,1-7H3;/q+1;-1. The molecule has 0 rings (SSSR count). The highest BCUT2D eigenvalue weighted by molar-refractivity contribution is 6.50. The number of nitrogens with zero attached hydrogens (tertiary/aromatic N) is 1. The average Bonchev–Trinajstić information content (AvgIpc) is 2.34. The molecule has 0 aliphatic carbocycles. The molecular weight excluding hydrogens is 281 g/mol. The van der Waals surface area contributed by atoms with Crippen LogP contribution in [-0.2, 0) is 14.2 Å². The highest BCUT2D eigenvalue weighted by Crippen LogP contribution is 2.18. The van der Waals surface area contributed by atoms with Gasteiger partial charge in [-0.05, 0) is 13.8 Å². The first-order chi connectivity index (χ1) is 8.92. The smallest absolute Gasteiger partial charge is 0.418 e. The fraction of sp³-hybridized carbons (Fsp3) is 1.00. The quantitative estimate of drug-likeness (QED) is 0.313. The number of methoxy groups -OCH3 is 2. The summed E-state index contributed by atoms with van der Waals surface area (Å²) in [5, 5.41) is 0. The molecule has 0 amide bonds. The summed E-state index contributed by atoms with van der Waals surface area (Å²) in [4.78, 5) is 0. The molecule has 9 heteroatoms. The van der Waals surface area contributed by atoms with Gasteiger partial charge >= 0.3 is 7.25 Å². The van der Waals surface area contributed by atoms with E-state index in [1.807, 2.05) is 6.92 Å². The molecule has 0 heterocycles. The van der Waals surface area contributed by atoms with E-state index in [0.29, 0.717) is 4.48 Å². The minimum absolute atomic E-state index is 0.0416. The predicted molar refractivity (Wildman–Crippen MR) is 70.4 cm³/mol. The van der Waals surface area contributed by atoms with Crippen LogP contribution in [0.25, 0.3) is 0 Å². The number of rotatable bonds is 7. The third-order valence-electron chi connectivity index (χ3n) is 3.40. The lowest BCUT2D eigenvalue weighted by Crippen LogP contribution is -2.58. The Balaban J connectivity index is 0. The number of quaternary nitrogens is 1. The Morgan fingerprint density at radius 2 is 1.35 bits per heavy atom. The first-order valence-electron chi connectivity index (χ1n) is 6.35. The van der Waals surface area contributed by atoms with Gasteiger partial charge < -0.3 is 31.5 Å². The lowest BCUT2D eigenvalue weighted by atomic mass is 10.3. The van der Waals surface area contributed by atoms with Crippen molar-refractivity contribution in [2.75, 3.05) is 27.8 Å². The molecule has 0 saturated heterocycles. The zero-order valence-corrected chi connectivity index (χ0v) is 13.2. The van der Waals surface area contributed by atoms with Crippen molar-refractivity contribution in [3.63, 3.8) is 0 Å². The Morgan fingerprint density at radius 1 is 0.950 bits per heavy atom. The van der Waals surface area contributed by atoms with Crippen LogP contribution >= 0.6 is 0 Å². The fourth-order valence-electron chi connectivity index (χ4n) is 1.52. The average molecular weight is 307 g/mol. The number of hydrogen-bond acceptors (Lipinski definition) is 3. The molecule has 4 atom stereocenters. The normalized spacial score (nSPS) is 19.4. The van der Waals surface area contributed by atoms with E-state index in [4.69, 9.17) is 14.2 Å². The highest BCUT2D eigenvalue weighted by atomic mass is 19.5. The summed E-state index contributed by atoms with van der Waals surface area (Å²) in [6.45, 7) is 9.09. The predicted octanol–water partition coefficient (Wildman–Crippen LogP) is 3.10. The van der Waals surface area contributed by atoms with Crippen molar-refractivity contribution >= 4 is 7.25 Å². The molecule has 4 unspecified atom stereocenters. The van der Waals surface area contributed by atoms with Gasteiger partial charge in [0.25, 0.3) is 0 Å². The molecule has 124 valence electrons. The van der Waals surface area contributed by atoms with E-state index in [-0.39, 0.29) is 18.7 Å². The summed E-state index contributed by atoms with van der Waals surface area (Å²) in [7, 11) is -0.502. The summed E-state index contributed by atoms with van der Waals surface area (Å²) in [5.74, 6) is 0. The largest absolute Gasteiger partial charge is 0.673 e. The van der Waals surface area contributed by atoms with Gasteiger partial charge in [0.05, 0.1) is 13.6 Å². The molecule has 4 nitrogen and oxygen atoms in total. The van der Waals surface area contributed by atoms with Crippen LogP contribution in [0.4, 0.5) is 17.3 Å². The Hall–Kier alpha value is -0.375. The minimum atomic E-state index is -6.00. The van der Waals surface area contributed by atoms with Gasteiger partial charge in [-0.2, -0.15) is 0 Å². The van der Waals surface area contributed by atoms with Gasteiger partial charge in [-0.3, -0.25) is 4.48 Å². The first kappa shape index (κ1) is 21.9. The summed E-state index contributed by atoms with van der Waals surface area (Å²) in [6, 6.07) is 0. The van der Waals surface area contributed by atoms with E-state index >= 15 is 0 Å².